The number of rotatable bonds is 9. The first-order valence-corrected chi connectivity index (χ1v) is 6.92. The highest BCUT2D eigenvalue weighted by Gasteiger charge is 2.23. The van der Waals surface area contributed by atoms with Gasteiger partial charge in [-0.05, 0) is 32.6 Å². The third-order valence-corrected chi connectivity index (χ3v) is 3.42. The molecule has 3 heteroatoms. The lowest BCUT2D eigenvalue weighted by atomic mass is 9.80. The summed E-state index contributed by atoms with van der Waals surface area (Å²) in [6.07, 6.45) is 8.66. The number of carbonyl (C=O) groups is 2. The van der Waals surface area contributed by atoms with Crippen molar-refractivity contribution in [1.29, 1.82) is 0 Å². The van der Waals surface area contributed by atoms with E-state index in [9.17, 15) is 9.59 Å². The third kappa shape index (κ3) is 5.85. The van der Waals surface area contributed by atoms with Gasteiger partial charge in [0.15, 0.2) is 0 Å². The molecule has 0 heterocycles. The molecule has 3 nitrogen and oxygen atoms in total. The molecule has 1 saturated carbocycles. The topological polar surface area (TPSA) is 43.4 Å². The smallest absolute Gasteiger partial charge is 0.305 e. The summed E-state index contributed by atoms with van der Waals surface area (Å²) in [5.41, 5.74) is 0. The van der Waals surface area contributed by atoms with Crippen LogP contribution in [0.2, 0.25) is 0 Å². The predicted molar refractivity (Wildman–Crippen MR) is 66.7 cm³/mol. The summed E-state index contributed by atoms with van der Waals surface area (Å²) in [6, 6.07) is 0. The van der Waals surface area contributed by atoms with Crippen molar-refractivity contribution < 1.29 is 14.3 Å². The van der Waals surface area contributed by atoms with E-state index in [2.05, 4.69) is 0 Å². The van der Waals surface area contributed by atoms with Crippen LogP contribution in [0.5, 0.6) is 0 Å². The van der Waals surface area contributed by atoms with E-state index in [4.69, 9.17) is 4.74 Å². The Balaban J connectivity index is 1.87. The first kappa shape index (κ1) is 14.2. The van der Waals surface area contributed by atoms with Crippen molar-refractivity contribution in [2.75, 3.05) is 6.61 Å². The molecule has 0 spiro atoms. The van der Waals surface area contributed by atoms with Gasteiger partial charge in [0.25, 0.3) is 0 Å². The van der Waals surface area contributed by atoms with E-state index >= 15 is 0 Å². The third-order valence-electron chi connectivity index (χ3n) is 3.42. The van der Waals surface area contributed by atoms with Crippen LogP contribution in [0, 0.1) is 5.92 Å². The van der Waals surface area contributed by atoms with Crippen LogP contribution in [-0.4, -0.2) is 18.4 Å². The molecule has 0 radical (unpaired) electrons. The maximum Gasteiger partial charge on any atom is 0.305 e. The number of hydrogen-bond acceptors (Lipinski definition) is 3. The molecule has 0 aliphatic heterocycles. The number of carbonyl (C=O) groups excluding carboxylic acids is 2. The van der Waals surface area contributed by atoms with Crippen molar-refractivity contribution in [2.45, 2.75) is 64.7 Å². The van der Waals surface area contributed by atoms with Gasteiger partial charge in [-0.25, -0.2) is 0 Å². The highest BCUT2D eigenvalue weighted by molar-refractivity contribution is 5.81. The zero-order valence-electron chi connectivity index (χ0n) is 10.9. The standard InChI is InChI=1S/C14H24O3/c1-2-17-14(16)11-6-4-3-5-10-13(15)12-8-7-9-12/h12H,2-11H2,1H3. The molecule has 0 N–H and O–H groups in total. The summed E-state index contributed by atoms with van der Waals surface area (Å²) in [5, 5.41) is 0. The molecule has 0 amide bonds. The van der Waals surface area contributed by atoms with Crippen LogP contribution in [0.3, 0.4) is 0 Å². The lowest BCUT2D eigenvalue weighted by Crippen LogP contribution is -2.21. The molecular weight excluding hydrogens is 216 g/mol. The monoisotopic (exact) mass is 240 g/mol. The Kier molecular flexibility index (Phi) is 6.90. The molecule has 1 rings (SSSR count). The molecular formula is C14H24O3. The van der Waals surface area contributed by atoms with Gasteiger partial charge in [-0.15, -0.1) is 0 Å². The molecule has 0 atom stereocenters. The minimum atomic E-state index is -0.0990. The lowest BCUT2D eigenvalue weighted by molar-refractivity contribution is -0.143. The predicted octanol–water partition coefficient (Wildman–Crippen LogP) is 3.26. The number of Topliss-reactive ketones (excluding diaryl/α,β-unsaturated/α-hetero) is 1. The van der Waals surface area contributed by atoms with Crippen molar-refractivity contribution in [3.05, 3.63) is 0 Å². The summed E-state index contributed by atoms with van der Waals surface area (Å²) in [5.74, 6) is 0.745. The molecule has 1 aliphatic carbocycles. The molecule has 0 aromatic rings. The number of esters is 1. The van der Waals surface area contributed by atoms with Crippen LogP contribution in [0.4, 0.5) is 0 Å². The van der Waals surface area contributed by atoms with Crippen LogP contribution in [0.25, 0.3) is 0 Å². The molecule has 0 unspecified atom stereocenters. The molecule has 1 aliphatic rings. The summed E-state index contributed by atoms with van der Waals surface area (Å²) < 4.78 is 4.85. The second kappa shape index (κ2) is 8.26. The van der Waals surface area contributed by atoms with E-state index in [0.29, 0.717) is 24.7 Å². The van der Waals surface area contributed by atoms with Crippen LogP contribution < -0.4 is 0 Å². The zero-order chi connectivity index (χ0) is 12.5. The van der Waals surface area contributed by atoms with Crippen molar-refractivity contribution in [3.8, 4) is 0 Å². The Bertz CT molecular complexity index is 244. The van der Waals surface area contributed by atoms with E-state index < -0.39 is 0 Å². The highest BCUT2D eigenvalue weighted by Crippen LogP contribution is 2.28. The molecule has 1 fully saturated rings. The van der Waals surface area contributed by atoms with Crippen LogP contribution in [-0.2, 0) is 14.3 Å². The average molecular weight is 240 g/mol. The average Bonchev–Trinajstić information content (AvgIpc) is 2.21. The minimum Gasteiger partial charge on any atom is -0.466 e. The summed E-state index contributed by atoms with van der Waals surface area (Å²) >= 11 is 0. The van der Waals surface area contributed by atoms with Crippen molar-refractivity contribution in [2.24, 2.45) is 5.92 Å². The van der Waals surface area contributed by atoms with E-state index in [1.54, 1.807) is 0 Å². The minimum absolute atomic E-state index is 0.0990. The molecule has 0 aromatic carbocycles. The molecule has 17 heavy (non-hydrogen) atoms. The SMILES string of the molecule is CCOC(=O)CCCCCCC(=O)C1CCC1. The highest BCUT2D eigenvalue weighted by atomic mass is 16.5. The zero-order valence-corrected chi connectivity index (χ0v) is 10.9. The van der Waals surface area contributed by atoms with E-state index in [-0.39, 0.29) is 5.97 Å². The fourth-order valence-electron chi connectivity index (χ4n) is 2.09. The normalized spacial score (nSPS) is 15.4. The first-order valence-electron chi connectivity index (χ1n) is 6.92. The van der Waals surface area contributed by atoms with Gasteiger partial charge in [-0.3, -0.25) is 9.59 Å². The largest absolute Gasteiger partial charge is 0.466 e. The lowest BCUT2D eigenvalue weighted by Gasteiger charge is -2.23. The van der Waals surface area contributed by atoms with Crippen molar-refractivity contribution >= 4 is 11.8 Å². The Morgan fingerprint density at radius 2 is 1.71 bits per heavy atom. The Morgan fingerprint density at radius 1 is 1.06 bits per heavy atom. The van der Waals surface area contributed by atoms with Gasteiger partial charge in [0, 0.05) is 18.8 Å². The fraction of sp³-hybridized carbons (Fsp3) is 0.857. The van der Waals surface area contributed by atoms with Crippen LogP contribution in [0.15, 0.2) is 0 Å². The van der Waals surface area contributed by atoms with Gasteiger partial charge in [-0.1, -0.05) is 19.3 Å². The maximum absolute atomic E-state index is 11.6. The molecule has 0 bridgehead atoms. The second-order valence-electron chi connectivity index (χ2n) is 4.81. The van der Waals surface area contributed by atoms with Gasteiger partial charge < -0.3 is 4.74 Å². The molecule has 0 saturated heterocycles. The van der Waals surface area contributed by atoms with Gasteiger partial charge in [0.05, 0.1) is 6.61 Å². The molecule has 0 aromatic heterocycles. The van der Waals surface area contributed by atoms with Crippen molar-refractivity contribution in [1.82, 2.24) is 0 Å². The van der Waals surface area contributed by atoms with Gasteiger partial charge >= 0.3 is 5.97 Å². The number of hydrogen-bond donors (Lipinski definition) is 0. The second-order valence-corrected chi connectivity index (χ2v) is 4.81. The van der Waals surface area contributed by atoms with E-state index in [0.717, 1.165) is 44.9 Å². The quantitative estimate of drug-likeness (QED) is 0.459. The Hall–Kier alpha value is -0.860. The van der Waals surface area contributed by atoms with Crippen molar-refractivity contribution in [3.63, 3.8) is 0 Å². The Morgan fingerprint density at radius 3 is 2.24 bits per heavy atom. The van der Waals surface area contributed by atoms with Crippen LogP contribution >= 0.6 is 0 Å². The maximum atomic E-state index is 11.6. The Labute approximate surface area is 104 Å². The van der Waals surface area contributed by atoms with Gasteiger partial charge in [-0.2, -0.15) is 0 Å². The van der Waals surface area contributed by atoms with Gasteiger partial charge in [0.1, 0.15) is 5.78 Å². The summed E-state index contributed by atoms with van der Waals surface area (Å²) in [4.78, 5) is 22.6. The molecule has 98 valence electrons. The van der Waals surface area contributed by atoms with E-state index in [1.807, 2.05) is 6.92 Å². The number of ketones is 1. The summed E-state index contributed by atoms with van der Waals surface area (Å²) in [6.45, 7) is 2.29. The number of unbranched alkanes of at least 4 members (excludes halogenated alkanes) is 3. The van der Waals surface area contributed by atoms with Gasteiger partial charge in [0.2, 0.25) is 0 Å². The fourth-order valence-corrected chi connectivity index (χ4v) is 2.09. The summed E-state index contributed by atoms with van der Waals surface area (Å²) in [7, 11) is 0. The van der Waals surface area contributed by atoms with E-state index in [1.165, 1.54) is 6.42 Å². The van der Waals surface area contributed by atoms with Crippen LogP contribution in [0.1, 0.15) is 64.7 Å². The first-order chi connectivity index (χ1) is 8.24. The number of ether oxygens (including phenoxy) is 1.